The molecule has 0 radical (unpaired) electrons. The highest BCUT2D eigenvalue weighted by Gasteiger charge is 2.08. The van der Waals surface area contributed by atoms with Crippen molar-refractivity contribution >= 4 is 5.69 Å². The molecular weight excluding hydrogens is 196 g/mol. The molecule has 15 heavy (non-hydrogen) atoms. The highest BCUT2D eigenvalue weighted by atomic mass is 16.6. The third kappa shape index (κ3) is 1.83. The summed E-state index contributed by atoms with van der Waals surface area (Å²) < 4.78 is 1.62. The summed E-state index contributed by atoms with van der Waals surface area (Å²) in [5.41, 5.74) is 1.35. The summed E-state index contributed by atoms with van der Waals surface area (Å²) in [5.74, 6) is 0. The maximum atomic E-state index is 10.5. The molecule has 0 aliphatic carbocycles. The Hall–Kier alpha value is -2.24. The molecule has 2 heterocycles. The summed E-state index contributed by atoms with van der Waals surface area (Å²) in [7, 11) is 1.78. The Morgan fingerprint density at radius 1 is 1.53 bits per heavy atom. The van der Waals surface area contributed by atoms with Crippen molar-refractivity contribution in [2.45, 2.75) is 0 Å². The van der Waals surface area contributed by atoms with E-state index in [0.717, 1.165) is 5.56 Å². The molecule has 0 aliphatic rings. The first-order valence-electron chi connectivity index (χ1n) is 4.26. The van der Waals surface area contributed by atoms with Gasteiger partial charge in [-0.3, -0.25) is 19.8 Å². The molecule has 0 saturated carbocycles. The normalized spacial score (nSPS) is 10.2. The minimum absolute atomic E-state index is 0.0313. The molecule has 0 N–H and O–H groups in total. The molecule has 6 heteroatoms. The van der Waals surface area contributed by atoms with Crippen molar-refractivity contribution in [2.24, 2.45) is 7.05 Å². The number of rotatable bonds is 2. The highest BCUT2D eigenvalue weighted by molar-refractivity contribution is 5.59. The number of pyridine rings is 1. The van der Waals surface area contributed by atoms with Crippen LogP contribution >= 0.6 is 0 Å². The maximum Gasteiger partial charge on any atom is 0.273 e. The average molecular weight is 204 g/mol. The summed E-state index contributed by atoms with van der Waals surface area (Å²) in [6.07, 6.45) is 4.79. The molecule has 0 aliphatic heterocycles. The van der Waals surface area contributed by atoms with Crippen LogP contribution in [0.15, 0.2) is 30.7 Å². The quantitative estimate of drug-likeness (QED) is 0.547. The van der Waals surface area contributed by atoms with Gasteiger partial charge in [0.2, 0.25) is 0 Å². The molecule has 76 valence electrons. The van der Waals surface area contributed by atoms with E-state index in [1.54, 1.807) is 24.1 Å². The fourth-order valence-electron chi connectivity index (χ4n) is 1.24. The number of hydrogen-bond acceptors (Lipinski definition) is 4. The number of nitrogens with zero attached hydrogens (tertiary/aromatic N) is 4. The first kappa shape index (κ1) is 9.32. The fraction of sp³-hybridized carbons (Fsp3) is 0.111. The van der Waals surface area contributed by atoms with Crippen LogP contribution in [0.5, 0.6) is 0 Å². The lowest BCUT2D eigenvalue weighted by Gasteiger charge is -1.95. The van der Waals surface area contributed by atoms with Crippen LogP contribution in [0.4, 0.5) is 5.69 Å². The van der Waals surface area contributed by atoms with E-state index in [1.807, 2.05) is 0 Å². The Balaban J connectivity index is 2.45. The van der Waals surface area contributed by atoms with Crippen molar-refractivity contribution in [2.75, 3.05) is 0 Å². The van der Waals surface area contributed by atoms with Crippen LogP contribution in [0.1, 0.15) is 0 Å². The highest BCUT2D eigenvalue weighted by Crippen LogP contribution is 2.20. The van der Waals surface area contributed by atoms with Crippen LogP contribution in [0.2, 0.25) is 0 Å². The van der Waals surface area contributed by atoms with Gasteiger partial charge in [0, 0.05) is 37.1 Å². The van der Waals surface area contributed by atoms with Crippen LogP contribution in [0, 0.1) is 10.1 Å². The number of aryl methyl sites for hydroxylation is 1. The Morgan fingerprint density at radius 3 is 2.93 bits per heavy atom. The third-order valence-corrected chi connectivity index (χ3v) is 1.95. The first-order valence-corrected chi connectivity index (χ1v) is 4.26. The summed E-state index contributed by atoms with van der Waals surface area (Å²) in [5, 5.41) is 14.5. The summed E-state index contributed by atoms with van der Waals surface area (Å²) >= 11 is 0. The number of hydrogen-bond donors (Lipinski definition) is 0. The zero-order valence-corrected chi connectivity index (χ0v) is 7.99. The van der Waals surface area contributed by atoms with Gasteiger partial charge in [0.05, 0.1) is 16.8 Å². The summed E-state index contributed by atoms with van der Waals surface area (Å²) in [6, 6.07) is 2.79. The van der Waals surface area contributed by atoms with Gasteiger partial charge >= 0.3 is 0 Å². The van der Waals surface area contributed by atoms with Crippen molar-refractivity contribution in [1.82, 2.24) is 14.8 Å². The third-order valence-electron chi connectivity index (χ3n) is 1.95. The van der Waals surface area contributed by atoms with Crippen LogP contribution in [-0.4, -0.2) is 19.7 Å². The Labute approximate surface area is 85.3 Å². The van der Waals surface area contributed by atoms with Gasteiger partial charge in [0.15, 0.2) is 0 Å². The molecule has 0 aromatic carbocycles. The van der Waals surface area contributed by atoms with Gasteiger partial charge in [-0.2, -0.15) is 5.10 Å². The molecule has 6 nitrogen and oxygen atoms in total. The minimum atomic E-state index is -0.443. The van der Waals surface area contributed by atoms with E-state index < -0.39 is 4.92 Å². The van der Waals surface area contributed by atoms with E-state index in [-0.39, 0.29) is 5.69 Å². The molecule has 0 bridgehead atoms. The Kier molecular flexibility index (Phi) is 2.17. The first-order chi connectivity index (χ1) is 7.16. The Bertz CT molecular complexity index is 506. The molecule has 0 saturated heterocycles. The van der Waals surface area contributed by atoms with Gasteiger partial charge in [0.1, 0.15) is 0 Å². The predicted molar refractivity (Wildman–Crippen MR) is 53.1 cm³/mol. The molecule has 0 fully saturated rings. The van der Waals surface area contributed by atoms with E-state index in [4.69, 9.17) is 0 Å². The molecular formula is C9H8N4O2. The van der Waals surface area contributed by atoms with Crippen LogP contribution < -0.4 is 0 Å². The summed E-state index contributed by atoms with van der Waals surface area (Å²) in [4.78, 5) is 14.2. The standard InChI is InChI=1S/C9H8N4O2/c1-12-6-7(5-11-12)9-4-8(13(14)15)2-3-10-9/h2-6H,1H3. The fourth-order valence-corrected chi connectivity index (χ4v) is 1.24. The zero-order valence-electron chi connectivity index (χ0n) is 7.99. The van der Waals surface area contributed by atoms with E-state index in [0.29, 0.717) is 5.69 Å². The van der Waals surface area contributed by atoms with Gasteiger partial charge in [-0.15, -0.1) is 0 Å². The van der Waals surface area contributed by atoms with Crippen molar-refractivity contribution < 1.29 is 4.92 Å². The van der Waals surface area contributed by atoms with Gasteiger partial charge < -0.3 is 0 Å². The molecule has 0 amide bonds. The van der Waals surface area contributed by atoms with E-state index in [1.165, 1.54) is 18.3 Å². The summed E-state index contributed by atoms with van der Waals surface area (Å²) in [6.45, 7) is 0. The molecule has 0 atom stereocenters. The van der Waals surface area contributed by atoms with E-state index >= 15 is 0 Å². The van der Waals surface area contributed by atoms with Crippen LogP contribution in [0.25, 0.3) is 11.3 Å². The zero-order chi connectivity index (χ0) is 10.8. The lowest BCUT2D eigenvalue weighted by Crippen LogP contribution is -1.89. The topological polar surface area (TPSA) is 73.8 Å². The molecule has 2 rings (SSSR count). The van der Waals surface area contributed by atoms with Gasteiger partial charge in [-0.25, -0.2) is 0 Å². The lowest BCUT2D eigenvalue weighted by atomic mass is 10.2. The van der Waals surface area contributed by atoms with Crippen molar-refractivity contribution in [3.8, 4) is 11.3 Å². The smallest absolute Gasteiger partial charge is 0.273 e. The SMILES string of the molecule is Cn1cc(-c2cc([N+](=O)[O-])ccn2)cn1. The monoisotopic (exact) mass is 204 g/mol. The molecule has 0 spiro atoms. The average Bonchev–Trinajstić information content (AvgIpc) is 2.65. The largest absolute Gasteiger partial charge is 0.275 e. The number of aromatic nitrogens is 3. The molecule has 2 aromatic rings. The lowest BCUT2D eigenvalue weighted by molar-refractivity contribution is -0.384. The predicted octanol–water partition coefficient (Wildman–Crippen LogP) is 1.39. The van der Waals surface area contributed by atoms with Gasteiger partial charge in [-0.1, -0.05) is 0 Å². The number of nitro groups is 1. The van der Waals surface area contributed by atoms with Crippen LogP contribution in [0.3, 0.4) is 0 Å². The maximum absolute atomic E-state index is 10.5. The van der Waals surface area contributed by atoms with Crippen molar-refractivity contribution in [3.63, 3.8) is 0 Å². The van der Waals surface area contributed by atoms with Crippen LogP contribution in [-0.2, 0) is 7.05 Å². The Morgan fingerprint density at radius 2 is 2.33 bits per heavy atom. The molecule has 2 aromatic heterocycles. The van der Waals surface area contributed by atoms with E-state index in [2.05, 4.69) is 10.1 Å². The van der Waals surface area contributed by atoms with E-state index in [9.17, 15) is 10.1 Å². The molecule has 0 unspecified atom stereocenters. The second-order valence-electron chi connectivity index (χ2n) is 3.06. The second kappa shape index (κ2) is 3.49. The van der Waals surface area contributed by atoms with Gasteiger partial charge in [-0.05, 0) is 0 Å². The second-order valence-corrected chi connectivity index (χ2v) is 3.06. The minimum Gasteiger partial charge on any atom is -0.275 e. The van der Waals surface area contributed by atoms with Gasteiger partial charge in [0.25, 0.3) is 5.69 Å². The van der Waals surface area contributed by atoms with Crippen molar-refractivity contribution in [3.05, 3.63) is 40.8 Å². The van der Waals surface area contributed by atoms with Crippen molar-refractivity contribution in [1.29, 1.82) is 0 Å².